The van der Waals surface area contributed by atoms with E-state index < -0.39 is 10.3 Å². The molecule has 0 atom stereocenters. The largest absolute Gasteiger partial charge is 0.429 e. The summed E-state index contributed by atoms with van der Waals surface area (Å²) in [5, 5.41) is 0.581. The summed E-state index contributed by atoms with van der Waals surface area (Å²) in [5.41, 5.74) is 1.72. The minimum atomic E-state index is -3.96. The third kappa shape index (κ3) is 2.99. The second kappa shape index (κ2) is 5.35. The lowest BCUT2D eigenvalue weighted by Gasteiger charge is -2.14. The van der Waals surface area contributed by atoms with Crippen molar-refractivity contribution in [3.63, 3.8) is 0 Å². The Balaban J connectivity index is 2.05. The lowest BCUT2D eigenvalue weighted by molar-refractivity contribution is 0.485. The van der Waals surface area contributed by atoms with E-state index in [4.69, 9.17) is 15.8 Å². The maximum atomic E-state index is 11.6. The Kier molecular flexibility index (Phi) is 3.53. The van der Waals surface area contributed by atoms with Crippen LogP contribution in [-0.2, 0) is 10.3 Å². The lowest BCUT2D eigenvalue weighted by Crippen LogP contribution is -2.17. The Labute approximate surface area is 127 Å². The fourth-order valence-corrected chi connectivity index (χ4v) is 2.96. The molecule has 2 aromatic rings. The van der Waals surface area contributed by atoms with Crippen molar-refractivity contribution in [3.8, 4) is 5.75 Å². The summed E-state index contributed by atoms with van der Waals surface area (Å²) in [6.07, 6.45) is 3.33. The molecule has 106 valence electrons. The number of fused-ring (bicyclic) bond motifs is 1. The van der Waals surface area contributed by atoms with Crippen molar-refractivity contribution in [3.05, 3.63) is 70.8 Å². The maximum absolute atomic E-state index is 11.6. The van der Waals surface area contributed by atoms with Crippen molar-refractivity contribution in [1.29, 1.82) is 0 Å². The van der Waals surface area contributed by atoms with E-state index in [0.29, 0.717) is 16.3 Å². The van der Waals surface area contributed by atoms with Gasteiger partial charge in [0.05, 0.1) is 5.71 Å². The summed E-state index contributed by atoms with van der Waals surface area (Å²) in [6, 6.07) is 14.1. The Morgan fingerprint density at radius 2 is 1.71 bits per heavy atom. The van der Waals surface area contributed by atoms with Gasteiger partial charge >= 0.3 is 10.3 Å². The maximum Gasteiger partial charge on any atom is 0.429 e. The van der Waals surface area contributed by atoms with Crippen LogP contribution in [0.4, 0.5) is 0 Å². The molecular formula is C15H10ClNO3S. The fourth-order valence-electron chi connectivity index (χ4n) is 1.95. The molecular weight excluding hydrogens is 310 g/mol. The van der Waals surface area contributed by atoms with Gasteiger partial charge in [0, 0.05) is 10.6 Å². The fraction of sp³-hybridized carbons (Fsp3) is 0. The molecule has 0 saturated carbocycles. The Hall–Kier alpha value is -2.11. The van der Waals surface area contributed by atoms with Crippen molar-refractivity contribution in [2.45, 2.75) is 0 Å². The minimum absolute atomic E-state index is 0.270. The standard InChI is InChI=1S/C15H10ClNO3S/c16-13-7-3-1-5-11(13)9-10-14-12-6-2-4-8-15(12)20-21(18,19)17-14/h1-10H/b10-9+. The van der Waals surface area contributed by atoms with Crippen LogP contribution >= 0.6 is 11.6 Å². The number of nitrogens with zero attached hydrogens (tertiary/aromatic N) is 1. The van der Waals surface area contributed by atoms with E-state index in [2.05, 4.69) is 4.40 Å². The van der Waals surface area contributed by atoms with E-state index in [1.165, 1.54) is 0 Å². The average Bonchev–Trinajstić information content (AvgIpc) is 2.45. The molecule has 4 nitrogen and oxygen atoms in total. The van der Waals surface area contributed by atoms with Crippen LogP contribution in [0.1, 0.15) is 11.1 Å². The number of hydrogen-bond acceptors (Lipinski definition) is 3. The molecule has 1 aliphatic heterocycles. The Bertz CT molecular complexity index is 857. The first-order valence-electron chi connectivity index (χ1n) is 6.11. The summed E-state index contributed by atoms with van der Waals surface area (Å²) in [6.45, 7) is 0. The Morgan fingerprint density at radius 1 is 1.00 bits per heavy atom. The smallest absolute Gasteiger partial charge is 0.365 e. The highest BCUT2D eigenvalue weighted by Gasteiger charge is 2.22. The van der Waals surface area contributed by atoms with Gasteiger partial charge in [-0.3, -0.25) is 0 Å². The van der Waals surface area contributed by atoms with E-state index >= 15 is 0 Å². The van der Waals surface area contributed by atoms with Crippen molar-refractivity contribution in [1.82, 2.24) is 0 Å². The van der Waals surface area contributed by atoms with E-state index in [1.807, 2.05) is 18.2 Å². The van der Waals surface area contributed by atoms with E-state index in [0.717, 1.165) is 5.56 Å². The molecule has 0 unspecified atom stereocenters. The van der Waals surface area contributed by atoms with Crippen LogP contribution < -0.4 is 4.18 Å². The van der Waals surface area contributed by atoms with Gasteiger partial charge in [-0.05, 0) is 29.8 Å². The van der Waals surface area contributed by atoms with Crippen molar-refractivity contribution < 1.29 is 12.6 Å². The molecule has 1 aliphatic rings. The number of benzene rings is 2. The van der Waals surface area contributed by atoms with Crippen LogP contribution in [0, 0.1) is 0 Å². The minimum Gasteiger partial charge on any atom is -0.365 e. The van der Waals surface area contributed by atoms with Gasteiger partial charge in [-0.25, -0.2) is 0 Å². The zero-order chi connectivity index (χ0) is 14.9. The summed E-state index contributed by atoms with van der Waals surface area (Å²) < 4.78 is 31.8. The SMILES string of the molecule is O=S1(=O)N=C(/C=C/c2ccccc2Cl)c2ccccc2O1. The summed E-state index contributed by atoms with van der Waals surface area (Å²) in [4.78, 5) is 0. The van der Waals surface area contributed by atoms with Crippen LogP contribution in [0.5, 0.6) is 5.75 Å². The van der Waals surface area contributed by atoms with Crippen LogP contribution in [0.25, 0.3) is 6.08 Å². The van der Waals surface area contributed by atoms with Gasteiger partial charge < -0.3 is 4.18 Å². The summed E-state index contributed by atoms with van der Waals surface area (Å²) in [7, 11) is -3.96. The molecule has 2 aromatic carbocycles. The molecule has 0 amide bonds. The number of rotatable bonds is 2. The lowest BCUT2D eigenvalue weighted by atomic mass is 10.1. The molecule has 0 N–H and O–H groups in total. The summed E-state index contributed by atoms with van der Waals surface area (Å²) in [5.74, 6) is 0.270. The van der Waals surface area contributed by atoms with Crippen molar-refractivity contribution in [2.75, 3.05) is 0 Å². The molecule has 0 spiro atoms. The van der Waals surface area contributed by atoms with Crippen LogP contribution in [0.3, 0.4) is 0 Å². The van der Waals surface area contributed by atoms with E-state index in [1.54, 1.807) is 42.5 Å². The zero-order valence-corrected chi connectivity index (χ0v) is 12.3. The highest BCUT2D eigenvalue weighted by molar-refractivity contribution is 7.86. The number of allylic oxidation sites excluding steroid dienone is 1. The first-order valence-corrected chi connectivity index (χ1v) is 7.86. The van der Waals surface area contributed by atoms with Gasteiger partial charge in [0.15, 0.2) is 5.75 Å². The third-order valence-corrected chi connectivity index (χ3v) is 4.05. The van der Waals surface area contributed by atoms with Crippen molar-refractivity contribution in [2.24, 2.45) is 4.40 Å². The number of halogens is 1. The zero-order valence-electron chi connectivity index (χ0n) is 10.7. The van der Waals surface area contributed by atoms with Gasteiger partial charge in [-0.2, -0.15) is 8.42 Å². The van der Waals surface area contributed by atoms with Gasteiger partial charge in [0.1, 0.15) is 0 Å². The third-order valence-electron chi connectivity index (χ3n) is 2.89. The highest BCUT2D eigenvalue weighted by Crippen LogP contribution is 2.27. The topological polar surface area (TPSA) is 55.7 Å². The van der Waals surface area contributed by atoms with E-state index in [-0.39, 0.29) is 5.75 Å². The average molecular weight is 320 g/mol. The van der Waals surface area contributed by atoms with Gasteiger partial charge in [-0.1, -0.05) is 48.0 Å². The molecule has 1 heterocycles. The molecule has 6 heteroatoms. The molecule has 0 fully saturated rings. The highest BCUT2D eigenvalue weighted by atomic mass is 35.5. The predicted molar refractivity (Wildman–Crippen MR) is 83.0 cm³/mol. The summed E-state index contributed by atoms with van der Waals surface area (Å²) >= 11 is 6.06. The Morgan fingerprint density at radius 3 is 2.52 bits per heavy atom. The van der Waals surface area contributed by atoms with Crippen LogP contribution in [-0.4, -0.2) is 14.1 Å². The monoisotopic (exact) mass is 319 g/mol. The van der Waals surface area contributed by atoms with Gasteiger partial charge in [0.25, 0.3) is 0 Å². The van der Waals surface area contributed by atoms with Crippen LogP contribution in [0.15, 0.2) is 59.0 Å². The molecule has 0 radical (unpaired) electrons. The quantitative estimate of drug-likeness (QED) is 0.851. The number of para-hydroxylation sites is 1. The normalized spacial score (nSPS) is 16.1. The second-order valence-corrected chi connectivity index (χ2v) is 5.95. The second-order valence-electron chi connectivity index (χ2n) is 4.34. The van der Waals surface area contributed by atoms with E-state index in [9.17, 15) is 8.42 Å². The number of hydrogen-bond donors (Lipinski definition) is 0. The molecule has 21 heavy (non-hydrogen) atoms. The predicted octanol–water partition coefficient (Wildman–Crippen LogP) is 3.48. The molecule has 0 aliphatic carbocycles. The molecule has 3 rings (SSSR count). The van der Waals surface area contributed by atoms with Gasteiger partial charge in [0.2, 0.25) is 0 Å². The van der Waals surface area contributed by atoms with Crippen LogP contribution in [0.2, 0.25) is 5.02 Å². The molecule has 0 bridgehead atoms. The van der Waals surface area contributed by atoms with Gasteiger partial charge in [-0.15, -0.1) is 4.40 Å². The van der Waals surface area contributed by atoms with Crippen molar-refractivity contribution >= 4 is 33.7 Å². The first kappa shape index (κ1) is 13.9. The molecule has 0 saturated heterocycles. The molecule has 0 aromatic heterocycles. The first-order chi connectivity index (χ1) is 10.1.